The number of fused-ring (bicyclic) bond motifs is 8. The smallest absolute Gasteiger partial charge is 0.146 e. The van der Waals surface area contributed by atoms with Gasteiger partial charge in [-0.2, -0.15) is 0 Å². The fourth-order valence-corrected chi connectivity index (χ4v) is 13.6. The zero-order valence-electron chi connectivity index (χ0n) is 59.7. The Labute approximate surface area is 559 Å². The minimum absolute atomic E-state index is 0.0909. The summed E-state index contributed by atoms with van der Waals surface area (Å²) in [5, 5.41) is 4.28. The van der Waals surface area contributed by atoms with Crippen molar-refractivity contribution in [2.75, 3.05) is 16.5 Å². The first-order valence-electron chi connectivity index (χ1n) is 33.9. The van der Waals surface area contributed by atoms with Crippen molar-refractivity contribution in [2.45, 2.75) is 183 Å². The highest BCUT2D eigenvalue weighted by atomic mass is 16.5. The van der Waals surface area contributed by atoms with Crippen molar-refractivity contribution in [2.24, 2.45) is 0 Å². The maximum absolute atomic E-state index is 7.37. The topological polar surface area (TPSA) is 46.7 Å². The van der Waals surface area contributed by atoms with Crippen molar-refractivity contribution in [1.82, 2.24) is 9.55 Å². The Morgan fingerprint density at radius 2 is 0.862 bits per heavy atom. The van der Waals surface area contributed by atoms with Crippen LogP contribution in [0.5, 0.6) is 11.5 Å². The molecule has 0 N–H and O–H groups in total. The Balaban J connectivity index is 1.02. The molecule has 0 unspecified atom stereocenters. The van der Waals surface area contributed by atoms with Gasteiger partial charge in [0.05, 0.1) is 33.5 Å². The van der Waals surface area contributed by atoms with E-state index in [0.29, 0.717) is 6.67 Å². The molecular weight excluding hydrogens is 1140 g/mol. The predicted octanol–water partition coefficient (Wildman–Crippen LogP) is 25.2. The van der Waals surface area contributed by atoms with Gasteiger partial charge < -0.3 is 19.0 Å². The molecule has 480 valence electrons. The number of aromatic nitrogens is 2. The normalized spacial score (nSPS) is 13.7. The number of rotatable bonds is 8. The molecule has 13 rings (SSSR count). The molecule has 9 aromatic carbocycles. The van der Waals surface area contributed by atoms with E-state index in [4.69, 9.17) is 14.1 Å². The van der Waals surface area contributed by atoms with Gasteiger partial charge in [-0.1, -0.05) is 242 Å². The lowest BCUT2D eigenvalue weighted by Gasteiger charge is -2.33. The lowest BCUT2D eigenvalue weighted by Crippen LogP contribution is -2.26. The number of para-hydroxylation sites is 3. The fourth-order valence-electron chi connectivity index (χ4n) is 13.6. The highest BCUT2D eigenvalue weighted by Crippen LogP contribution is 2.54. The minimum atomic E-state index is -0.226. The monoisotopic (exact) mass is 1240 g/mol. The van der Waals surface area contributed by atoms with Crippen LogP contribution in [0.1, 0.15) is 184 Å². The molecule has 12 aromatic rings. The Kier molecular flexibility index (Phi) is 15.2. The van der Waals surface area contributed by atoms with E-state index < -0.39 is 0 Å². The number of nitrogens with zero attached hydrogens (tertiary/aromatic N) is 4. The summed E-state index contributed by atoms with van der Waals surface area (Å²) in [6.07, 6.45) is 1.95. The average Bonchev–Trinajstić information content (AvgIpc) is 1.38. The van der Waals surface area contributed by atoms with Gasteiger partial charge in [-0.15, -0.1) is 0 Å². The summed E-state index contributed by atoms with van der Waals surface area (Å²) in [6.45, 7) is 49.6. The maximum atomic E-state index is 7.37. The van der Waals surface area contributed by atoms with Crippen molar-refractivity contribution in [1.29, 1.82) is 0 Å². The molecule has 94 heavy (non-hydrogen) atoms. The van der Waals surface area contributed by atoms with Crippen molar-refractivity contribution < 1.29 is 9.15 Å². The van der Waals surface area contributed by atoms with Crippen molar-refractivity contribution in [3.8, 4) is 50.7 Å². The average molecular weight is 1240 g/mol. The number of furan rings is 1. The van der Waals surface area contributed by atoms with Gasteiger partial charge in [-0.05, 0) is 172 Å². The number of benzene rings is 9. The van der Waals surface area contributed by atoms with Crippen LogP contribution in [0, 0.1) is 0 Å². The van der Waals surface area contributed by atoms with Crippen LogP contribution in [0.15, 0.2) is 193 Å². The molecule has 6 nitrogen and oxygen atoms in total. The second-order valence-electron chi connectivity index (χ2n) is 34.0. The standard InChI is InChI=1S/C88H96N4O2/c1-82(2,3)57-37-38-89-77(49-57)92-74-51-65(35-36-67(74)79-75(92)52-69(54-29-23-22-24-30-54)78-68-31-25-28-34-76(68)94-81(78)79)93-66-46-62(87(16,17)18)45-64(50-66)90-53-91(73-33-27-26-32-72(73)90)80-70(55-39-58(83(4,5)6)43-59(40-55)84(7,8)9)47-63(88(19,20)21)48-71(80)56-41-60(85(10,11)12)44-61(42-56)86(13,14)15/h22-52H,53H2,1-21H3. The Morgan fingerprint density at radius 1 is 0.362 bits per heavy atom. The van der Waals surface area contributed by atoms with Gasteiger partial charge >= 0.3 is 0 Å². The summed E-state index contributed by atoms with van der Waals surface area (Å²) in [6, 6.07) is 68.2. The highest BCUT2D eigenvalue weighted by Gasteiger charge is 2.36. The van der Waals surface area contributed by atoms with Gasteiger partial charge in [0.15, 0.2) is 0 Å². The van der Waals surface area contributed by atoms with Crippen LogP contribution >= 0.6 is 0 Å². The lowest BCUT2D eigenvalue weighted by atomic mass is 9.76. The third-order valence-corrected chi connectivity index (χ3v) is 19.5. The highest BCUT2D eigenvalue weighted by molar-refractivity contribution is 6.27. The number of hydrogen-bond acceptors (Lipinski definition) is 5. The molecule has 0 saturated heterocycles. The number of hydrogen-bond donors (Lipinski definition) is 0. The van der Waals surface area contributed by atoms with Crippen molar-refractivity contribution >= 4 is 66.5 Å². The molecule has 0 radical (unpaired) electrons. The fraction of sp³-hybridized carbons (Fsp3) is 0.330. The SMILES string of the molecule is CC(C)(C)c1cc(Oc2ccc3c4c5oc6ccccc6c5c(-c5ccccc5)cc4n(-c4cc(C(C)(C)C)ccn4)c3c2)cc(N2CN(c3c(-c4cc(C(C)(C)C)cc(C(C)(C)C)c4)cc(C(C)(C)C)cc3-c3cc(C(C)(C)C)cc(C(C)(C)C)c3)c3ccccc32)c1. The molecule has 0 atom stereocenters. The van der Waals surface area contributed by atoms with Gasteiger partial charge in [0.2, 0.25) is 0 Å². The van der Waals surface area contributed by atoms with Gasteiger partial charge in [0, 0.05) is 51.3 Å². The molecule has 0 amide bonds. The first kappa shape index (κ1) is 63.9. The third-order valence-electron chi connectivity index (χ3n) is 19.5. The van der Waals surface area contributed by atoms with Crippen LogP contribution in [0.25, 0.3) is 82.9 Å². The summed E-state index contributed by atoms with van der Waals surface area (Å²) in [7, 11) is 0. The van der Waals surface area contributed by atoms with E-state index in [0.717, 1.165) is 89.3 Å². The minimum Gasteiger partial charge on any atom is -0.457 e. The van der Waals surface area contributed by atoms with Crippen LogP contribution in [-0.2, 0) is 37.9 Å². The maximum Gasteiger partial charge on any atom is 0.146 e. The zero-order valence-corrected chi connectivity index (χ0v) is 59.7. The largest absolute Gasteiger partial charge is 0.457 e. The summed E-state index contributed by atoms with van der Waals surface area (Å²) < 4.78 is 16.7. The summed E-state index contributed by atoms with van der Waals surface area (Å²) in [5.41, 5.74) is 23.5. The van der Waals surface area contributed by atoms with E-state index >= 15 is 0 Å². The molecule has 3 aromatic heterocycles. The van der Waals surface area contributed by atoms with Gasteiger partial charge in [0.25, 0.3) is 0 Å². The first-order valence-corrected chi connectivity index (χ1v) is 33.9. The first-order chi connectivity index (χ1) is 44.0. The van der Waals surface area contributed by atoms with Crippen molar-refractivity contribution in [3.63, 3.8) is 0 Å². The Bertz CT molecular complexity index is 4780. The molecular formula is C88H96N4O2. The molecule has 0 spiro atoms. The van der Waals surface area contributed by atoms with Crippen LogP contribution in [0.2, 0.25) is 0 Å². The van der Waals surface area contributed by atoms with Crippen molar-refractivity contribution in [3.05, 3.63) is 227 Å². The summed E-state index contributed by atoms with van der Waals surface area (Å²) >= 11 is 0. The van der Waals surface area contributed by atoms with Crippen LogP contribution < -0.4 is 14.5 Å². The van der Waals surface area contributed by atoms with Crippen LogP contribution in [-0.4, -0.2) is 16.2 Å². The van der Waals surface area contributed by atoms with Crippen LogP contribution in [0.3, 0.4) is 0 Å². The van der Waals surface area contributed by atoms with E-state index in [-0.39, 0.29) is 37.9 Å². The molecule has 0 fully saturated rings. The van der Waals surface area contributed by atoms with Gasteiger partial charge in [-0.3, -0.25) is 4.57 Å². The molecule has 6 heteroatoms. The molecule has 0 saturated carbocycles. The third kappa shape index (κ3) is 11.8. The van der Waals surface area contributed by atoms with E-state index in [9.17, 15) is 0 Å². The summed E-state index contributed by atoms with van der Waals surface area (Å²) in [4.78, 5) is 10.3. The number of ether oxygens (including phenoxy) is 1. The van der Waals surface area contributed by atoms with Gasteiger partial charge in [0.1, 0.15) is 35.2 Å². The Morgan fingerprint density at radius 3 is 1.41 bits per heavy atom. The molecule has 1 aliphatic heterocycles. The second-order valence-corrected chi connectivity index (χ2v) is 34.0. The van der Waals surface area contributed by atoms with E-state index in [1.807, 2.05) is 6.20 Å². The Hall–Kier alpha value is -8.87. The van der Waals surface area contributed by atoms with Gasteiger partial charge in [-0.25, -0.2) is 4.98 Å². The predicted molar refractivity (Wildman–Crippen MR) is 402 cm³/mol. The zero-order chi connectivity index (χ0) is 67.1. The molecule has 0 aliphatic carbocycles. The van der Waals surface area contributed by atoms with E-state index in [2.05, 4.69) is 342 Å². The van der Waals surface area contributed by atoms with Crippen LogP contribution in [0.4, 0.5) is 22.7 Å². The quantitative estimate of drug-likeness (QED) is 0.152. The van der Waals surface area contributed by atoms with E-state index in [1.165, 1.54) is 66.9 Å². The van der Waals surface area contributed by atoms with E-state index in [1.54, 1.807) is 0 Å². The number of anilines is 4. The number of pyridine rings is 1. The second kappa shape index (κ2) is 22.4. The molecule has 4 heterocycles. The summed E-state index contributed by atoms with van der Waals surface area (Å²) in [5.74, 6) is 2.32. The lowest BCUT2D eigenvalue weighted by molar-refractivity contribution is 0.479. The molecule has 0 bridgehead atoms. The molecule has 1 aliphatic rings.